The Bertz CT molecular complexity index is 600. The highest BCUT2D eigenvalue weighted by Gasteiger charge is 2.26. The number of halogens is 1. The molecule has 0 atom stereocenters. The Morgan fingerprint density at radius 2 is 2.10 bits per heavy atom. The Morgan fingerprint density at radius 3 is 2.70 bits per heavy atom. The second-order valence-corrected chi connectivity index (χ2v) is 4.79. The van der Waals surface area contributed by atoms with Crippen LogP contribution in [0, 0.1) is 10.1 Å². The van der Waals surface area contributed by atoms with E-state index in [1.54, 1.807) is 0 Å². The van der Waals surface area contributed by atoms with Crippen LogP contribution in [0.15, 0.2) is 34.9 Å². The van der Waals surface area contributed by atoms with E-state index in [0.717, 1.165) is 5.56 Å². The maximum atomic E-state index is 11.1. The minimum atomic E-state index is -0.502. The van der Waals surface area contributed by atoms with Crippen molar-refractivity contribution in [2.45, 2.75) is 6.54 Å². The molecular weight excluding hydrogens is 328 g/mol. The number of anilines is 1. The lowest BCUT2D eigenvalue weighted by atomic mass is 10.2. The zero-order valence-electron chi connectivity index (χ0n) is 10.5. The average Bonchev–Trinajstić information content (AvgIpc) is 2.73. The van der Waals surface area contributed by atoms with Crippen LogP contribution in [-0.4, -0.2) is 33.0 Å². The van der Waals surface area contributed by atoms with Gasteiger partial charge >= 0.3 is 5.69 Å². The summed E-state index contributed by atoms with van der Waals surface area (Å²) in [6, 6.07) is 9.51. The van der Waals surface area contributed by atoms with E-state index in [1.807, 2.05) is 30.3 Å². The summed E-state index contributed by atoms with van der Waals surface area (Å²) < 4.78 is 1.67. The smallest absolute Gasteiger partial charge is 0.345 e. The van der Waals surface area contributed by atoms with Crippen molar-refractivity contribution in [3.63, 3.8) is 0 Å². The van der Waals surface area contributed by atoms with Crippen molar-refractivity contribution in [1.29, 1.82) is 0 Å². The summed E-state index contributed by atoms with van der Waals surface area (Å²) in [7, 11) is 0. The van der Waals surface area contributed by atoms with Crippen molar-refractivity contribution in [3.8, 4) is 0 Å². The number of benzene rings is 1. The molecule has 2 rings (SSSR count). The third-order valence-electron chi connectivity index (χ3n) is 2.65. The molecule has 0 spiro atoms. The van der Waals surface area contributed by atoms with Crippen LogP contribution in [0.4, 0.5) is 11.5 Å². The van der Waals surface area contributed by atoms with Gasteiger partial charge in [-0.25, -0.2) is 4.68 Å². The van der Waals surface area contributed by atoms with E-state index in [0.29, 0.717) is 6.54 Å². The van der Waals surface area contributed by atoms with E-state index < -0.39 is 4.92 Å². The fourth-order valence-corrected chi connectivity index (χ4v) is 2.33. The molecule has 0 aliphatic carbocycles. The van der Waals surface area contributed by atoms with Crippen molar-refractivity contribution in [1.82, 2.24) is 9.78 Å². The fourth-order valence-electron chi connectivity index (χ4n) is 1.81. The van der Waals surface area contributed by atoms with Crippen LogP contribution in [0.25, 0.3) is 0 Å². The first-order valence-corrected chi connectivity index (χ1v) is 6.72. The number of hydrogen-bond donors (Lipinski definition) is 2. The molecule has 0 unspecified atom stereocenters. The number of rotatable bonds is 6. The van der Waals surface area contributed by atoms with Gasteiger partial charge in [-0.05, 0) is 21.5 Å². The molecule has 1 aromatic carbocycles. The Morgan fingerprint density at radius 1 is 1.40 bits per heavy atom. The van der Waals surface area contributed by atoms with E-state index in [4.69, 9.17) is 5.11 Å². The molecule has 2 N–H and O–H groups in total. The predicted octanol–water partition coefficient (Wildman–Crippen LogP) is 2.01. The van der Waals surface area contributed by atoms with E-state index in [1.165, 1.54) is 4.68 Å². The van der Waals surface area contributed by atoms with Crippen LogP contribution in [0.3, 0.4) is 0 Å². The summed E-state index contributed by atoms with van der Waals surface area (Å²) in [5.41, 5.74) is 0.846. The molecule has 0 amide bonds. The Kier molecular flexibility index (Phi) is 4.70. The van der Waals surface area contributed by atoms with Crippen LogP contribution >= 0.6 is 15.9 Å². The van der Waals surface area contributed by atoms with E-state index in [2.05, 4.69) is 26.3 Å². The van der Waals surface area contributed by atoms with Crippen molar-refractivity contribution in [2.75, 3.05) is 18.5 Å². The van der Waals surface area contributed by atoms with Crippen molar-refractivity contribution >= 4 is 27.4 Å². The number of hydrogen-bond acceptors (Lipinski definition) is 5. The molecule has 0 saturated heterocycles. The van der Waals surface area contributed by atoms with Gasteiger partial charge in [-0.3, -0.25) is 10.1 Å². The molecule has 0 radical (unpaired) electrons. The lowest BCUT2D eigenvalue weighted by molar-refractivity contribution is -0.384. The summed E-state index contributed by atoms with van der Waals surface area (Å²) in [5.74, 6) is 0.278. The van der Waals surface area contributed by atoms with Gasteiger partial charge in [0.15, 0.2) is 0 Å². The predicted molar refractivity (Wildman–Crippen MR) is 77.7 cm³/mol. The molecular formula is C12H13BrN4O3. The molecule has 0 aliphatic heterocycles. The minimum Gasteiger partial charge on any atom is -0.395 e. The van der Waals surface area contributed by atoms with Gasteiger partial charge in [0.1, 0.15) is 0 Å². The van der Waals surface area contributed by atoms with Gasteiger partial charge in [-0.15, -0.1) is 0 Å². The van der Waals surface area contributed by atoms with Crippen molar-refractivity contribution < 1.29 is 10.0 Å². The van der Waals surface area contributed by atoms with Gasteiger partial charge < -0.3 is 10.4 Å². The second kappa shape index (κ2) is 6.49. The monoisotopic (exact) mass is 340 g/mol. The summed E-state index contributed by atoms with van der Waals surface area (Å²) in [5, 5.41) is 26.9. The van der Waals surface area contributed by atoms with Crippen LogP contribution in [-0.2, 0) is 6.54 Å². The Balaban J connectivity index is 2.36. The highest BCUT2D eigenvalue weighted by Crippen LogP contribution is 2.32. The van der Waals surface area contributed by atoms with E-state index >= 15 is 0 Å². The first kappa shape index (κ1) is 14.5. The van der Waals surface area contributed by atoms with Crippen molar-refractivity contribution in [3.05, 3.63) is 50.6 Å². The number of nitrogens with zero attached hydrogens (tertiary/aromatic N) is 3. The largest absolute Gasteiger partial charge is 0.395 e. The first-order chi connectivity index (χ1) is 9.63. The number of nitrogens with one attached hydrogen (secondary N) is 1. The summed E-state index contributed by atoms with van der Waals surface area (Å²) in [6.45, 7) is 0.500. The van der Waals surface area contributed by atoms with Crippen LogP contribution in [0.5, 0.6) is 0 Å². The molecule has 0 fully saturated rings. The average molecular weight is 341 g/mol. The highest BCUT2D eigenvalue weighted by molar-refractivity contribution is 9.10. The molecule has 106 valence electrons. The SMILES string of the molecule is O=[N+]([O-])c1c(Br)nn(Cc2ccccc2)c1NCCO. The zero-order chi connectivity index (χ0) is 14.5. The van der Waals surface area contributed by atoms with Gasteiger partial charge in [-0.2, -0.15) is 5.10 Å². The lowest BCUT2D eigenvalue weighted by Crippen LogP contribution is -2.13. The topological polar surface area (TPSA) is 93.2 Å². The summed E-state index contributed by atoms with van der Waals surface area (Å²) in [6.07, 6.45) is 0. The van der Waals surface area contributed by atoms with Gasteiger partial charge in [0.05, 0.1) is 18.1 Å². The summed E-state index contributed by atoms with van der Waals surface area (Å²) >= 11 is 3.10. The molecule has 8 heteroatoms. The van der Waals surface area contributed by atoms with Crippen LogP contribution in [0.2, 0.25) is 0 Å². The molecule has 20 heavy (non-hydrogen) atoms. The van der Waals surface area contributed by atoms with Crippen LogP contribution in [0.1, 0.15) is 5.56 Å². The second-order valence-electron chi connectivity index (χ2n) is 4.04. The molecule has 0 aliphatic rings. The maximum Gasteiger partial charge on any atom is 0.345 e. The number of aromatic nitrogens is 2. The molecule has 1 heterocycles. The lowest BCUT2D eigenvalue weighted by Gasteiger charge is -2.08. The maximum absolute atomic E-state index is 11.1. The molecule has 0 bridgehead atoms. The van der Waals surface area contributed by atoms with Gasteiger partial charge in [-0.1, -0.05) is 30.3 Å². The Labute approximate surface area is 123 Å². The Hall–Kier alpha value is -1.93. The van der Waals surface area contributed by atoms with E-state index in [-0.39, 0.29) is 29.3 Å². The quantitative estimate of drug-likeness (QED) is 0.619. The minimum absolute atomic E-state index is 0.120. The molecule has 1 aromatic heterocycles. The third kappa shape index (κ3) is 3.14. The number of nitro groups is 1. The first-order valence-electron chi connectivity index (χ1n) is 5.93. The highest BCUT2D eigenvalue weighted by atomic mass is 79.9. The van der Waals surface area contributed by atoms with Crippen molar-refractivity contribution in [2.24, 2.45) is 0 Å². The van der Waals surface area contributed by atoms with Gasteiger partial charge in [0.2, 0.25) is 10.4 Å². The molecule has 2 aromatic rings. The normalized spacial score (nSPS) is 10.5. The molecule has 0 saturated carbocycles. The zero-order valence-corrected chi connectivity index (χ0v) is 12.1. The molecule has 7 nitrogen and oxygen atoms in total. The van der Waals surface area contributed by atoms with E-state index in [9.17, 15) is 10.1 Å². The number of aliphatic hydroxyl groups excluding tert-OH is 1. The summed E-state index contributed by atoms with van der Waals surface area (Å²) in [4.78, 5) is 10.6. The number of aliphatic hydroxyl groups is 1. The fraction of sp³-hybridized carbons (Fsp3) is 0.250. The van der Waals surface area contributed by atoms with Gasteiger partial charge in [0.25, 0.3) is 0 Å². The van der Waals surface area contributed by atoms with Crippen LogP contribution < -0.4 is 5.32 Å². The third-order valence-corrected chi connectivity index (χ3v) is 3.18. The standard InChI is InChI=1S/C12H13BrN4O3/c13-11-10(17(19)20)12(14-6-7-18)16(15-11)8-9-4-2-1-3-5-9/h1-5,14,18H,6-8H2. The van der Waals surface area contributed by atoms with Gasteiger partial charge in [0, 0.05) is 6.54 Å².